The van der Waals surface area contributed by atoms with E-state index in [9.17, 15) is 18.5 Å². The second kappa shape index (κ2) is 7.01. The van der Waals surface area contributed by atoms with Crippen LogP contribution in [0.25, 0.3) is 0 Å². The number of pyridine rings is 1. The van der Waals surface area contributed by atoms with Gasteiger partial charge < -0.3 is 5.32 Å². The van der Waals surface area contributed by atoms with Gasteiger partial charge >= 0.3 is 0 Å². The van der Waals surface area contributed by atoms with E-state index in [1.165, 1.54) is 16.6 Å². The average Bonchev–Trinajstić information content (AvgIpc) is 2.48. The zero-order chi connectivity index (χ0) is 16.2. The predicted molar refractivity (Wildman–Crippen MR) is 83.2 cm³/mol. The van der Waals surface area contributed by atoms with Crippen molar-refractivity contribution in [2.24, 2.45) is 0 Å². The lowest BCUT2D eigenvalue weighted by molar-refractivity contribution is -0.385. The number of sulfonamides is 1. The van der Waals surface area contributed by atoms with E-state index in [4.69, 9.17) is 0 Å². The molecule has 0 unspecified atom stereocenters. The topological polar surface area (TPSA) is 105 Å². The van der Waals surface area contributed by atoms with E-state index in [0.29, 0.717) is 38.2 Å². The van der Waals surface area contributed by atoms with Gasteiger partial charge in [-0.1, -0.05) is 6.92 Å². The zero-order valence-corrected chi connectivity index (χ0v) is 13.3. The SMILES string of the molecule is CCCS(=O)(=O)N1CCC(Nc2ccc([N+](=O)[O-])cn2)CC1. The molecule has 1 aromatic rings. The summed E-state index contributed by atoms with van der Waals surface area (Å²) in [7, 11) is -3.13. The van der Waals surface area contributed by atoms with E-state index in [1.54, 1.807) is 6.07 Å². The van der Waals surface area contributed by atoms with Crippen LogP contribution in [0.2, 0.25) is 0 Å². The molecule has 9 heteroatoms. The number of aromatic nitrogens is 1. The van der Waals surface area contributed by atoms with Crippen LogP contribution < -0.4 is 5.32 Å². The minimum Gasteiger partial charge on any atom is -0.367 e. The molecule has 2 heterocycles. The molecule has 8 nitrogen and oxygen atoms in total. The van der Waals surface area contributed by atoms with Gasteiger partial charge in [-0.2, -0.15) is 0 Å². The van der Waals surface area contributed by atoms with Gasteiger partial charge in [0.25, 0.3) is 5.69 Å². The molecule has 1 aliphatic heterocycles. The van der Waals surface area contributed by atoms with Crippen LogP contribution in [0.4, 0.5) is 11.5 Å². The largest absolute Gasteiger partial charge is 0.367 e. The van der Waals surface area contributed by atoms with Gasteiger partial charge in [-0.3, -0.25) is 10.1 Å². The molecule has 1 aromatic heterocycles. The molecular weight excluding hydrogens is 308 g/mol. The van der Waals surface area contributed by atoms with Crippen molar-refractivity contribution in [3.63, 3.8) is 0 Å². The summed E-state index contributed by atoms with van der Waals surface area (Å²) in [4.78, 5) is 14.1. The monoisotopic (exact) mass is 328 g/mol. The lowest BCUT2D eigenvalue weighted by Crippen LogP contribution is -2.43. The molecule has 1 aliphatic rings. The van der Waals surface area contributed by atoms with Crippen LogP contribution in [-0.4, -0.2) is 47.5 Å². The van der Waals surface area contributed by atoms with Gasteiger partial charge in [0.05, 0.1) is 10.7 Å². The van der Waals surface area contributed by atoms with Crippen LogP contribution in [0, 0.1) is 10.1 Å². The minimum absolute atomic E-state index is 0.0500. The molecule has 0 atom stereocenters. The predicted octanol–water partition coefficient (Wildman–Crippen LogP) is 1.61. The summed E-state index contributed by atoms with van der Waals surface area (Å²) in [5.74, 6) is 0.759. The van der Waals surface area contributed by atoms with Gasteiger partial charge in [0, 0.05) is 25.2 Å². The quantitative estimate of drug-likeness (QED) is 0.628. The third-order valence-electron chi connectivity index (χ3n) is 3.62. The Morgan fingerprint density at radius 1 is 1.41 bits per heavy atom. The summed E-state index contributed by atoms with van der Waals surface area (Å²) in [5.41, 5.74) is -0.0500. The highest BCUT2D eigenvalue weighted by atomic mass is 32.2. The number of anilines is 1. The number of hydrogen-bond acceptors (Lipinski definition) is 6. The van der Waals surface area contributed by atoms with Crippen molar-refractivity contribution in [1.29, 1.82) is 0 Å². The highest BCUT2D eigenvalue weighted by Crippen LogP contribution is 2.19. The summed E-state index contributed by atoms with van der Waals surface area (Å²) in [6.45, 7) is 2.84. The Morgan fingerprint density at radius 2 is 2.09 bits per heavy atom. The summed E-state index contributed by atoms with van der Waals surface area (Å²) in [5, 5.41) is 13.8. The van der Waals surface area contributed by atoms with Crippen molar-refractivity contribution in [3.8, 4) is 0 Å². The first-order valence-corrected chi connectivity index (χ1v) is 8.88. The van der Waals surface area contributed by atoms with Crippen molar-refractivity contribution in [3.05, 3.63) is 28.4 Å². The van der Waals surface area contributed by atoms with Crippen LogP contribution >= 0.6 is 0 Å². The van der Waals surface area contributed by atoms with E-state index in [2.05, 4.69) is 10.3 Å². The second-order valence-electron chi connectivity index (χ2n) is 5.29. The molecule has 22 heavy (non-hydrogen) atoms. The Hall–Kier alpha value is -1.74. The second-order valence-corrected chi connectivity index (χ2v) is 7.38. The minimum atomic E-state index is -3.13. The van der Waals surface area contributed by atoms with E-state index in [0.717, 1.165) is 0 Å². The zero-order valence-electron chi connectivity index (χ0n) is 12.4. The van der Waals surface area contributed by atoms with Crippen molar-refractivity contribution in [2.75, 3.05) is 24.2 Å². The van der Waals surface area contributed by atoms with E-state index >= 15 is 0 Å². The number of nitrogens with zero attached hydrogens (tertiary/aromatic N) is 3. The fraction of sp³-hybridized carbons (Fsp3) is 0.615. The van der Waals surface area contributed by atoms with Crippen LogP contribution in [0.1, 0.15) is 26.2 Å². The Labute approximate surface area is 129 Å². The maximum absolute atomic E-state index is 12.0. The third kappa shape index (κ3) is 4.14. The number of piperidine rings is 1. The van der Waals surface area contributed by atoms with Crippen LogP contribution in [0.3, 0.4) is 0 Å². The van der Waals surface area contributed by atoms with Crippen molar-refractivity contribution in [2.45, 2.75) is 32.2 Å². The fourth-order valence-electron chi connectivity index (χ4n) is 2.45. The van der Waals surface area contributed by atoms with Gasteiger partial charge in [0.15, 0.2) is 0 Å². The van der Waals surface area contributed by atoms with Gasteiger partial charge in [-0.25, -0.2) is 17.7 Å². The highest BCUT2D eigenvalue weighted by molar-refractivity contribution is 7.89. The molecule has 1 fully saturated rings. The Morgan fingerprint density at radius 3 is 2.59 bits per heavy atom. The molecule has 1 N–H and O–H groups in total. The van der Waals surface area contributed by atoms with Crippen LogP contribution in [-0.2, 0) is 10.0 Å². The summed E-state index contributed by atoms with van der Waals surface area (Å²) in [6.07, 6.45) is 3.22. The van der Waals surface area contributed by atoms with Crippen molar-refractivity contribution < 1.29 is 13.3 Å². The fourth-order valence-corrected chi connectivity index (χ4v) is 4.00. The maximum atomic E-state index is 12.0. The first-order chi connectivity index (χ1) is 10.4. The lowest BCUT2D eigenvalue weighted by Gasteiger charge is -2.31. The third-order valence-corrected chi connectivity index (χ3v) is 5.70. The summed E-state index contributed by atoms with van der Waals surface area (Å²) >= 11 is 0. The van der Waals surface area contributed by atoms with Crippen molar-refractivity contribution >= 4 is 21.5 Å². The molecule has 0 bridgehead atoms. The van der Waals surface area contributed by atoms with Gasteiger partial charge in [-0.05, 0) is 25.3 Å². The number of nitrogens with one attached hydrogen (secondary N) is 1. The van der Waals surface area contributed by atoms with E-state index in [-0.39, 0.29) is 17.5 Å². The summed E-state index contributed by atoms with van der Waals surface area (Å²) in [6, 6.07) is 3.09. The smallest absolute Gasteiger partial charge is 0.287 e. The van der Waals surface area contributed by atoms with Crippen LogP contribution in [0.5, 0.6) is 0 Å². The normalized spacial score (nSPS) is 17.3. The summed E-state index contributed by atoms with van der Waals surface area (Å²) < 4.78 is 25.5. The van der Waals surface area contributed by atoms with E-state index in [1.807, 2.05) is 6.92 Å². The van der Waals surface area contributed by atoms with Crippen LogP contribution in [0.15, 0.2) is 18.3 Å². The molecule has 0 amide bonds. The molecule has 0 radical (unpaired) electrons. The molecule has 0 saturated carbocycles. The van der Waals surface area contributed by atoms with Crippen molar-refractivity contribution in [1.82, 2.24) is 9.29 Å². The molecule has 0 spiro atoms. The average molecular weight is 328 g/mol. The van der Waals surface area contributed by atoms with Gasteiger partial charge in [0.2, 0.25) is 10.0 Å². The molecule has 0 aliphatic carbocycles. The Balaban J connectivity index is 1.88. The molecule has 122 valence electrons. The molecule has 1 saturated heterocycles. The Kier molecular flexibility index (Phi) is 5.30. The first kappa shape index (κ1) is 16.6. The number of rotatable bonds is 6. The number of hydrogen-bond donors (Lipinski definition) is 1. The molecule has 2 rings (SSSR count). The Bertz CT molecular complexity index is 609. The lowest BCUT2D eigenvalue weighted by atomic mass is 10.1. The van der Waals surface area contributed by atoms with E-state index < -0.39 is 14.9 Å². The highest BCUT2D eigenvalue weighted by Gasteiger charge is 2.27. The standard InChI is InChI=1S/C13H20N4O4S/c1-2-9-22(20,21)16-7-5-11(6-8-16)15-13-4-3-12(10-14-13)17(18)19/h3-4,10-11H,2,5-9H2,1H3,(H,14,15). The molecular formula is C13H20N4O4S. The number of nitro groups is 1. The molecule has 0 aromatic carbocycles. The maximum Gasteiger partial charge on any atom is 0.287 e. The first-order valence-electron chi connectivity index (χ1n) is 7.27. The van der Waals surface area contributed by atoms with Gasteiger partial charge in [-0.15, -0.1) is 0 Å². The van der Waals surface area contributed by atoms with Gasteiger partial charge in [0.1, 0.15) is 12.0 Å².